The number of hydrogen-bond donors (Lipinski definition) is 3. The molecule has 1 unspecified atom stereocenters. The Kier molecular flexibility index (Phi) is 6.38. The van der Waals surface area contributed by atoms with Crippen molar-refractivity contribution in [3.8, 4) is 5.75 Å². The Morgan fingerprint density at radius 2 is 1.96 bits per heavy atom. The monoisotopic (exact) mass is 367 g/mol. The van der Waals surface area contributed by atoms with Gasteiger partial charge in [-0.1, -0.05) is 23.1 Å². The lowest BCUT2D eigenvalue weighted by molar-refractivity contribution is -0.119. The molecule has 1 aromatic carbocycles. The van der Waals surface area contributed by atoms with E-state index in [0.717, 1.165) is 11.4 Å². The summed E-state index contributed by atoms with van der Waals surface area (Å²) in [5.74, 6) is 0.379. The highest BCUT2D eigenvalue weighted by Gasteiger charge is 2.18. The van der Waals surface area contributed by atoms with Crippen molar-refractivity contribution in [2.24, 2.45) is 0 Å². The number of carbonyl (C=O) groups excluding carboxylic acids is 2. The van der Waals surface area contributed by atoms with Crippen molar-refractivity contribution in [1.29, 1.82) is 0 Å². The molecule has 3 amide bonds. The average Bonchev–Trinajstić information content (AvgIpc) is 3.02. The lowest BCUT2D eigenvalue weighted by atomic mass is 10.3. The Morgan fingerprint density at radius 1 is 1.25 bits per heavy atom. The van der Waals surface area contributed by atoms with Gasteiger partial charge >= 0.3 is 6.03 Å². The molecule has 0 fully saturated rings. The number of aromatic nitrogens is 2. The summed E-state index contributed by atoms with van der Waals surface area (Å²) >= 11 is 2.56. The van der Waals surface area contributed by atoms with Gasteiger partial charge in [0.25, 0.3) is 0 Å². The number of ether oxygens (including phenoxy) is 1. The van der Waals surface area contributed by atoms with Gasteiger partial charge in [0.1, 0.15) is 5.75 Å². The van der Waals surface area contributed by atoms with E-state index in [-0.39, 0.29) is 5.91 Å². The fraction of sp³-hybridized carbons (Fsp3) is 0.286. The zero-order chi connectivity index (χ0) is 17.5. The molecule has 24 heavy (non-hydrogen) atoms. The van der Waals surface area contributed by atoms with E-state index in [2.05, 4.69) is 26.1 Å². The smallest absolute Gasteiger partial charge is 0.321 e. The maximum absolute atomic E-state index is 11.8. The molecule has 1 heterocycles. The quantitative estimate of drug-likeness (QED) is 0.672. The number of hydrogen-bond acceptors (Lipinski definition) is 8. The van der Waals surface area contributed by atoms with Crippen molar-refractivity contribution in [2.75, 3.05) is 19.5 Å². The molecule has 0 saturated heterocycles. The predicted molar refractivity (Wildman–Crippen MR) is 94.1 cm³/mol. The van der Waals surface area contributed by atoms with Crippen molar-refractivity contribution in [3.05, 3.63) is 24.3 Å². The summed E-state index contributed by atoms with van der Waals surface area (Å²) in [5, 5.41) is 15.9. The second-order valence-electron chi connectivity index (χ2n) is 4.56. The minimum absolute atomic E-state index is 0.390. The minimum Gasteiger partial charge on any atom is -0.497 e. The van der Waals surface area contributed by atoms with Gasteiger partial charge in [-0.15, -0.1) is 10.2 Å². The molecule has 2 aromatic rings. The van der Waals surface area contributed by atoms with Crippen LogP contribution in [0.15, 0.2) is 28.6 Å². The third-order valence-corrected chi connectivity index (χ3v) is 4.88. The second-order valence-corrected chi connectivity index (χ2v) is 7.12. The molecule has 0 aliphatic rings. The van der Waals surface area contributed by atoms with Crippen LogP contribution in [-0.4, -0.2) is 41.5 Å². The molecule has 10 heteroatoms. The Bertz CT molecular complexity index is 705. The maximum atomic E-state index is 11.8. The van der Waals surface area contributed by atoms with Crippen LogP contribution in [0.5, 0.6) is 5.75 Å². The van der Waals surface area contributed by atoms with E-state index in [1.165, 1.54) is 30.1 Å². The van der Waals surface area contributed by atoms with Crippen LogP contribution in [0, 0.1) is 0 Å². The van der Waals surface area contributed by atoms with E-state index in [1.54, 1.807) is 14.0 Å². The van der Waals surface area contributed by atoms with Gasteiger partial charge in [-0.2, -0.15) is 0 Å². The number of thioether (sulfide) groups is 1. The van der Waals surface area contributed by atoms with Crippen LogP contribution in [-0.2, 0) is 4.79 Å². The summed E-state index contributed by atoms with van der Waals surface area (Å²) in [4.78, 5) is 22.9. The number of amides is 3. The summed E-state index contributed by atoms with van der Waals surface area (Å²) in [5.41, 5.74) is 0.855. The van der Waals surface area contributed by atoms with Crippen LogP contribution in [0.25, 0.3) is 0 Å². The highest BCUT2D eigenvalue weighted by Crippen LogP contribution is 2.30. The molecule has 0 bridgehead atoms. The Labute approximate surface area is 147 Å². The molecule has 0 spiro atoms. The van der Waals surface area contributed by atoms with Gasteiger partial charge in [0.05, 0.1) is 12.4 Å². The SMILES string of the molecule is CNC(=O)NC(=O)C(C)Sc1nnc(Nc2ccc(OC)cc2)s1. The molecule has 0 aliphatic carbocycles. The number of nitrogens with zero attached hydrogens (tertiary/aromatic N) is 2. The molecule has 0 radical (unpaired) electrons. The third kappa shape index (κ3) is 5.10. The van der Waals surface area contributed by atoms with E-state index < -0.39 is 11.3 Å². The van der Waals surface area contributed by atoms with Crippen molar-refractivity contribution < 1.29 is 14.3 Å². The molecule has 0 aliphatic heterocycles. The average molecular weight is 367 g/mol. The highest BCUT2D eigenvalue weighted by molar-refractivity contribution is 8.02. The number of benzene rings is 1. The summed E-state index contributed by atoms with van der Waals surface area (Å²) in [6.07, 6.45) is 0. The topological polar surface area (TPSA) is 105 Å². The maximum Gasteiger partial charge on any atom is 0.321 e. The van der Waals surface area contributed by atoms with Crippen molar-refractivity contribution in [2.45, 2.75) is 16.5 Å². The number of anilines is 2. The van der Waals surface area contributed by atoms with E-state index in [0.29, 0.717) is 9.47 Å². The van der Waals surface area contributed by atoms with Crippen LogP contribution in [0.4, 0.5) is 15.6 Å². The van der Waals surface area contributed by atoms with Gasteiger partial charge in [0.2, 0.25) is 11.0 Å². The molecular weight excluding hydrogens is 350 g/mol. The fourth-order valence-electron chi connectivity index (χ4n) is 1.59. The van der Waals surface area contributed by atoms with Crippen LogP contribution in [0.3, 0.4) is 0 Å². The van der Waals surface area contributed by atoms with Crippen molar-refractivity contribution >= 4 is 45.9 Å². The first-order chi connectivity index (χ1) is 11.5. The second kappa shape index (κ2) is 8.50. The minimum atomic E-state index is -0.536. The first-order valence-corrected chi connectivity index (χ1v) is 8.65. The van der Waals surface area contributed by atoms with E-state index >= 15 is 0 Å². The summed E-state index contributed by atoms with van der Waals surface area (Å²) in [6, 6.07) is 6.87. The largest absolute Gasteiger partial charge is 0.497 e. The van der Waals surface area contributed by atoms with E-state index in [1.807, 2.05) is 24.3 Å². The number of rotatable bonds is 6. The molecule has 8 nitrogen and oxygen atoms in total. The van der Waals surface area contributed by atoms with Crippen LogP contribution in [0.1, 0.15) is 6.92 Å². The lowest BCUT2D eigenvalue weighted by Crippen LogP contribution is -2.41. The number of urea groups is 1. The van der Waals surface area contributed by atoms with Gasteiger partial charge in [-0.05, 0) is 31.2 Å². The summed E-state index contributed by atoms with van der Waals surface area (Å²) < 4.78 is 5.73. The number of nitrogens with one attached hydrogen (secondary N) is 3. The van der Waals surface area contributed by atoms with E-state index in [4.69, 9.17) is 4.74 Å². The van der Waals surface area contributed by atoms with Gasteiger partial charge in [-0.3, -0.25) is 10.1 Å². The van der Waals surface area contributed by atoms with Crippen LogP contribution >= 0.6 is 23.1 Å². The summed E-state index contributed by atoms with van der Waals surface area (Å²) in [7, 11) is 3.06. The predicted octanol–water partition coefficient (Wildman–Crippen LogP) is 2.23. The zero-order valence-electron chi connectivity index (χ0n) is 13.3. The van der Waals surface area contributed by atoms with Gasteiger partial charge < -0.3 is 15.4 Å². The number of carbonyl (C=O) groups is 2. The van der Waals surface area contributed by atoms with Gasteiger partial charge in [0, 0.05) is 12.7 Å². The molecular formula is C14H17N5O3S2. The normalized spacial score (nSPS) is 11.5. The Balaban J connectivity index is 1.92. The van der Waals surface area contributed by atoms with Crippen LogP contribution < -0.4 is 20.7 Å². The molecule has 2 rings (SSSR count). The number of imide groups is 1. The van der Waals surface area contributed by atoms with Gasteiger partial charge in [0.15, 0.2) is 4.34 Å². The third-order valence-electron chi connectivity index (χ3n) is 2.86. The molecule has 0 saturated carbocycles. The first-order valence-electron chi connectivity index (χ1n) is 6.95. The Hall–Kier alpha value is -2.33. The van der Waals surface area contributed by atoms with Gasteiger partial charge in [-0.25, -0.2) is 4.79 Å². The first kappa shape index (κ1) is 18.0. The zero-order valence-corrected chi connectivity index (χ0v) is 15.0. The molecule has 128 valence electrons. The van der Waals surface area contributed by atoms with Crippen LogP contribution in [0.2, 0.25) is 0 Å². The highest BCUT2D eigenvalue weighted by atomic mass is 32.2. The standard InChI is InChI=1S/C14H17N5O3S2/c1-8(11(20)17-12(21)15-2)23-14-19-18-13(24-14)16-9-4-6-10(22-3)7-5-9/h4-8H,1-3H3,(H,16,18)(H2,15,17,20,21). The number of methoxy groups -OCH3 is 1. The van der Waals surface area contributed by atoms with E-state index in [9.17, 15) is 9.59 Å². The van der Waals surface area contributed by atoms with Crippen molar-refractivity contribution in [3.63, 3.8) is 0 Å². The van der Waals surface area contributed by atoms with Crippen molar-refractivity contribution in [1.82, 2.24) is 20.8 Å². The molecule has 3 N–H and O–H groups in total. The fourth-order valence-corrected chi connectivity index (χ4v) is 3.50. The summed E-state index contributed by atoms with van der Waals surface area (Å²) in [6.45, 7) is 1.70. The Morgan fingerprint density at radius 3 is 2.58 bits per heavy atom. The molecule has 1 atom stereocenters. The molecule has 1 aromatic heterocycles. The lowest BCUT2D eigenvalue weighted by Gasteiger charge is -2.08.